The third kappa shape index (κ3) is 4.87. The maximum Gasteiger partial charge on any atom is 0.387 e. The lowest BCUT2D eigenvalue weighted by Gasteiger charge is -2.17. The van der Waals surface area contributed by atoms with Crippen molar-refractivity contribution >= 4 is 5.96 Å². The number of aliphatic imine (C=N–C) groups is 1. The third-order valence-corrected chi connectivity index (χ3v) is 4.60. The van der Waals surface area contributed by atoms with Crippen molar-refractivity contribution in [3.05, 3.63) is 34.7 Å². The summed E-state index contributed by atoms with van der Waals surface area (Å²) >= 11 is 0. The average molecular weight is 410 g/mol. The van der Waals surface area contributed by atoms with Crippen molar-refractivity contribution in [1.82, 2.24) is 15.8 Å². The molecule has 0 fully saturated rings. The normalized spacial score (nSPS) is 14.2. The summed E-state index contributed by atoms with van der Waals surface area (Å²) in [7, 11) is 1.63. The van der Waals surface area contributed by atoms with E-state index < -0.39 is 6.61 Å². The van der Waals surface area contributed by atoms with Gasteiger partial charge in [0.1, 0.15) is 11.5 Å². The van der Waals surface area contributed by atoms with Gasteiger partial charge in [-0.05, 0) is 19.9 Å². The smallest absolute Gasteiger partial charge is 0.387 e. The first-order chi connectivity index (χ1) is 13.9. The fraction of sp³-hybridized carbons (Fsp3) is 0.474. The SMILES string of the molecule is CN=C(NCc1cc2c(cc1OC(F)F)OCO2)NCC(C)c1c(C)noc1C. The number of aromatic nitrogens is 1. The largest absolute Gasteiger partial charge is 0.454 e. The quantitative estimate of drug-likeness (QED) is 0.535. The van der Waals surface area contributed by atoms with Crippen LogP contribution in [0.5, 0.6) is 17.2 Å². The van der Waals surface area contributed by atoms with Crippen LogP contribution in [0.1, 0.15) is 35.4 Å². The Morgan fingerprint density at radius 1 is 1.24 bits per heavy atom. The van der Waals surface area contributed by atoms with Gasteiger partial charge in [-0.1, -0.05) is 12.1 Å². The van der Waals surface area contributed by atoms with Gasteiger partial charge < -0.3 is 29.4 Å². The molecule has 1 atom stereocenters. The topological polar surface area (TPSA) is 90.1 Å². The number of fused-ring (bicyclic) bond motifs is 1. The summed E-state index contributed by atoms with van der Waals surface area (Å²) in [4.78, 5) is 4.17. The van der Waals surface area contributed by atoms with Gasteiger partial charge in [-0.2, -0.15) is 8.78 Å². The molecule has 3 rings (SSSR count). The van der Waals surface area contributed by atoms with Gasteiger partial charge in [-0.3, -0.25) is 4.99 Å². The van der Waals surface area contributed by atoms with Crippen LogP contribution in [-0.2, 0) is 6.54 Å². The molecule has 0 spiro atoms. The highest BCUT2D eigenvalue weighted by Crippen LogP contribution is 2.38. The number of alkyl halides is 2. The van der Waals surface area contributed by atoms with E-state index in [1.165, 1.54) is 6.07 Å². The number of rotatable bonds is 7. The fourth-order valence-corrected chi connectivity index (χ4v) is 3.25. The average Bonchev–Trinajstić information content (AvgIpc) is 3.26. The number of ether oxygens (including phenoxy) is 3. The molecule has 1 aliphatic heterocycles. The monoisotopic (exact) mass is 410 g/mol. The van der Waals surface area contributed by atoms with E-state index in [-0.39, 0.29) is 25.0 Å². The number of hydrogen-bond donors (Lipinski definition) is 2. The zero-order valence-electron chi connectivity index (χ0n) is 16.7. The molecule has 0 saturated heterocycles. The molecule has 29 heavy (non-hydrogen) atoms. The summed E-state index contributed by atoms with van der Waals surface area (Å²) in [6.07, 6.45) is 0. The maximum atomic E-state index is 12.8. The summed E-state index contributed by atoms with van der Waals surface area (Å²) in [5, 5.41) is 10.3. The molecule has 2 aromatic rings. The number of benzene rings is 1. The lowest BCUT2D eigenvalue weighted by atomic mass is 10.00. The van der Waals surface area contributed by atoms with Crippen LogP contribution in [0.25, 0.3) is 0 Å². The number of halogens is 2. The summed E-state index contributed by atoms with van der Waals surface area (Å²) in [5.74, 6) is 2.33. The molecule has 0 aliphatic carbocycles. The Bertz CT molecular complexity index is 866. The van der Waals surface area contributed by atoms with Gasteiger partial charge in [0.2, 0.25) is 6.79 Å². The minimum absolute atomic E-state index is 0.0243. The van der Waals surface area contributed by atoms with Crippen molar-refractivity contribution in [1.29, 1.82) is 0 Å². The second-order valence-corrected chi connectivity index (χ2v) is 6.64. The lowest BCUT2D eigenvalue weighted by molar-refractivity contribution is -0.0505. The predicted octanol–water partition coefficient (Wildman–Crippen LogP) is 3.09. The van der Waals surface area contributed by atoms with Crippen LogP contribution < -0.4 is 24.8 Å². The Hall–Kier alpha value is -3.04. The Kier molecular flexibility index (Phi) is 6.40. The fourth-order valence-electron chi connectivity index (χ4n) is 3.25. The molecule has 2 heterocycles. The molecule has 0 saturated carbocycles. The molecular formula is C19H24F2N4O4. The molecule has 1 aliphatic rings. The van der Waals surface area contributed by atoms with E-state index in [0.29, 0.717) is 29.6 Å². The minimum atomic E-state index is -2.94. The molecule has 0 radical (unpaired) electrons. The third-order valence-electron chi connectivity index (χ3n) is 4.60. The van der Waals surface area contributed by atoms with Crippen LogP contribution in [0.4, 0.5) is 8.78 Å². The van der Waals surface area contributed by atoms with Crippen molar-refractivity contribution in [3.8, 4) is 17.2 Å². The van der Waals surface area contributed by atoms with Crippen LogP contribution in [0.15, 0.2) is 21.6 Å². The molecular weight excluding hydrogens is 386 g/mol. The van der Waals surface area contributed by atoms with E-state index >= 15 is 0 Å². The van der Waals surface area contributed by atoms with Crippen molar-refractivity contribution in [2.24, 2.45) is 4.99 Å². The number of nitrogens with zero attached hydrogens (tertiary/aromatic N) is 2. The van der Waals surface area contributed by atoms with Gasteiger partial charge in [-0.15, -0.1) is 0 Å². The van der Waals surface area contributed by atoms with E-state index in [2.05, 4.69) is 32.4 Å². The van der Waals surface area contributed by atoms with Gasteiger partial charge in [0, 0.05) is 43.2 Å². The van der Waals surface area contributed by atoms with E-state index in [1.54, 1.807) is 13.1 Å². The van der Waals surface area contributed by atoms with Crippen molar-refractivity contribution in [2.45, 2.75) is 39.8 Å². The molecule has 1 aromatic carbocycles. The van der Waals surface area contributed by atoms with Crippen LogP contribution in [0, 0.1) is 13.8 Å². The summed E-state index contributed by atoms with van der Waals surface area (Å²) < 4.78 is 45.9. The number of hydrogen-bond acceptors (Lipinski definition) is 6. The Morgan fingerprint density at radius 3 is 2.59 bits per heavy atom. The summed E-state index contributed by atoms with van der Waals surface area (Å²) in [5.41, 5.74) is 2.40. The standard InChI is InChI=1S/C19H24F2N4O4/c1-10(17-11(2)25-29-12(17)3)7-23-19(22-4)24-8-13-5-15-16(27-9-26-15)6-14(13)28-18(20)21/h5-6,10,18H,7-9H2,1-4H3,(H2,22,23,24). The van der Waals surface area contributed by atoms with Gasteiger partial charge in [0.25, 0.3) is 0 Å². The van der Waals surface area contributed by atoms with E-state index in [1.807, 2.05) is 13.8 Å². The molecule has 2 N–H and O–H groups in total. The second kappa shape index (κ2) is 8.97. The van der Waals surface area contributed by atoms with Crippen molar-refractivity contribution < 1.29 is 27.5 Å². The Balaban J connectivity index is 1.63. The van der Waals surface area contributed by atoms with Gasteiger partial charge in [0.15, 0.2) is 17.5 Å². The number of nitrogens with one attached hydrogen (secondary N) is 2. The highest BCUT2D eigenvalue weighted by atomic mass is 19.3. The molecule has 0 bridgehead atoms. The first kappa shape index (κ1) is 20.7. The molecule has 158 valence electrons. The van der Waals surface area contributed by atoms with Crippen LogP contribution in [0.3, 0.4) is 0 Å². The Morgan fingerprint density at radius 2 is 1.97 bits per heavy atom. The molecule has 8 nitrogen and oxygen atoms in total. The molecule has 10 heteroatoms. The van der Waals surface area contributed by atoms with E-state index in [9.17, 15) is 8.78 Å². The van der Waals surface area contributed by atoms with Crippen molar-refractivity contribution in [3.63, 3.8) is 0 Å². The lowest BCUT2D eigenvalue weighted by Crippen LogP contribution is -2.38. The molecule has 1 unspecified atom stereocenters. The van der Waals surface area contributed by atoms with E-state index in [0.717, 1.165) is 17.0 Å². The van der Waals surface area contributed by atoms with Crippen LogP contribution in [-0.4, -0.2) is 38.1 Å². The van der Waals surface area contributed by atoms with E-state index in [4.69, 9.17) is 14.0 Å². The van der Waals surface area contributed by atoms with Crippen LogP contribution >= 0.6 is 0 Å². The first-order valence-corrected chi connectivity index (χ1v) is 9.13. The van der Waals surface area contributed by atoms with Gasteiger partial charge in [-0.25, -0.2) is 0 Å². The van der Waals surface area contributed by atoms with Gasteiger partial charge >= 0.3 is 6.61 Å². The number of guanidine groups is 1. The number of aryl methyl sites for hydroxylation is 2. The maximum absolute atomic E-state index is 12.8. The highest BCUT2D eigenvalue weighted by Gasteiger charge is 2.21. The molecule has 0 amide bonds. The Labute approximate surface area is 167 Å². The van der Waals surface area contributed by atoms with Crippen LogP contribution in [0.2, 0.25) is 0 Å². The zero-order chi connectivity index (χ0) is 21.0. The first-order valence-electron chi connectivity index (χ1n) is 9.13. The highest BCUT2D eigenvalue weighted by molar-refractivity contribution is 5.79. The predicted molar refractivity (Wildman–Crippen MR) is 102 cm³/mol. The summed E-state index contributed by atoms with van der Waals surface area (Å²) in [6.45, 7) is 3.73. The van der Waals surface area contributed by atoms with Crippen molar-refractivity contribution in [2.75, 3.05) is 20.4 Å². The van der Waals surface area contributed by atoms with Gasteiger partial charge in [0.05, 0.1) is 5.69 Å². The summed E-state index contributed by atoms with van der Waals surface area (Å²) in [6, 6.07) is 3.02. The minimum Gasteiger partial charge on any atom is -0.454 e. The molecule has 1 aromatic heterocycles. The zero-order valence-corrected chi connectivity index (χ0v) is 16.7. The second-order valence-electron chi connectivity index (χ2n) is 6.64.